The fourth-order valence-corrected chi connectivity index (χ4v) is 3.35. The third kappa shape index (κ3) is 3.24. The Kier molecular flexibility index (Phi) is 4.76. The fraction of sp³-hybridized carbons (Fsp3) is 0.556. The average Bonchev–Trinajstić information content (AvgIpc) is 3.22. The minimum absolute atomic E-state index is 0.109. The zero-order valence-electron chi connectivity index (χ0n) is 13.9. The summed E-state index contributed by atoms with van der Waals surface area (Å²) in [7, 11) is 0. The molecule has 1 amide bonds. The van der Waals surface area contributed by atoms with Crippen molar-refractivity contribution in [1.29, 1.82) is 0 Å². The summed E-state index contributed by atoms with van der Waals surface area (Å²) in [5.41, 5.74) is -0.680. The Labute approximate surface area is 141 Å². The summed E-state index contributed by atoms with van der Waals surface area (Å²) in [5, 5.41) is 9.47. The SMILES string of the molecule is CC1(C(=O)O)CCCN1C(=O)c1cccc(OCC2CCCO2)c1. The number of hydrogen-bond donors (Lipinski definition) is 1. The number of nitrogens with zero attached hydrogens (tertiary/aromatic N) is 1. The molecular formula is C18H23NO5. The molecule has 2 aliphatic rings. The Morgan fingerprint density at radius 3 is 2.96 bits per heavy atom. The Morgan fingerprint density at radius 2 is 2.25 bits per heavy atom. The first-order valence-electron chi connectivity index (χ1n) is 8.40. The highest BCUT2D eigenvalue weighted by atomic mass is 16.5. The van der Waals surface area contributed by atoms with Crippen LogP contribution in [-0.2, 0) is 9.53 Å². The summed E-state index contributed by atoms with van der Waals surface area (Å²) in [6, 6.07) is 6.93. The van der Waals surface area contributed by atoms with Gasteiger partial charge in [0.2, 0.25) is 0 Å². The van der Waals surface area contributed by atoms with E-state index in [2.05, 4.69) is 0 Å². The third-order valence-electron chi connectivity index (χ3n) is 4.89. The van der Waals surface area contributed by atoms with Crippen molar-refractivity contribution in [1.82, 2.24) is 4.90 Å². The monoisotopic (exact) mass is 333 g/mol. The molecule has 2 heterocycles. The minimum Gasteiger partial charge on any atom is -0.491 e. The molecule has 3 rings (SSSR count). The van der Waals surface area contributed by atoms with Gasteiger partial charge in [-0.2, -0.15) is 0 Å². The number of carbonyl (C=O) groups is 2. The highest BCUT2D eigenvalue weighted by Crippen LogP contribution is 2.31. The van der Waals surface area contributed by atoms with E-state index in [1.807, 2.05) is 0 Å². The number of ether oxygens (including phenoxy) is 2. The van der Waals surface area contributed by atoms with Crippen molar-refractivity contribution in [3.05, 3.63) is 29.8 Å². The van der Waals surface area contributed by atoms with E-state index in [-0.39, 0.29) is 12.0 Å². The van der Waals surface area contributed by atoms with Crippen LogP contribution in [0.2, 0.25) is 0 Å². The first-order chi connectivity index (χ1) is 11.5. The summed E-state index contributed by atoms with van der Waals surface area (Å²) in [6.45, 7) is 3.31. The van der Waals surface area contributed by atoms with Gasteiger partial charge in [-0.05, 0) is 50.8 Å². The van der Waals surface area contributed by atoms with Crippen molar-refractivity contribution < 1.29 is 24.2 Å². The molecule has 24 heavy (non-hydrogen) atoms. The second-order valence-corrected chi connectivity index (χ2v) is 6.61. The van der Waals surface area contributed by atoms with Crippen molar-refractivity contribution in [3.8, 4) is 5.75 Å². The zero-order chi connectivity index (χ0) is 17.2. The molecule has 2 aliphatic heterocycles. The number of aliphatic carboxylic acids is 1. The smallest absolute Gasteiger partial charge is 0.329 e. The minimum atomic E-state index is -1.13. The van der Waals surface area contributed by atoms with Gasteiger partial charge in [0.25, 0.3) is 5.91 Å². The first kappa shape index (κ1) is 16.8. The van der Waals surface area contributed by atoms with Gasteiger partial charge in [0, 0.05) is 18.7 Å². The van der Waals surface area contributed by atoms with Crippen LogP contribution in [0, 0.1) is 0 Å². The molecule has 0 radical (unpaired) electrons. The second-order valence-electron chi connectivity index (χ2n) is 6.61. The van der Waals surface area contributed by atoms with E-state index in [1.54, 1.807) is 31.2 Å². The number of carbonyl (C=O) groups excluding carboxylic acids is 1. The molecule has 2 atom stereocenters. The van der Waals surface area contributed by atoms with Gasteiger partial charge in [-0.3, -0.25) is 4.79 Å². The van der Waals surface area contributed by atoms with Gasteiger partial charge in [0.15, 0.2) is 0 Å². The summed E-state index contributed by atoms with van der Waals surface area (Å²) in [6.07, 6.45) is 3.32. The molecule has 1 aromatic rings. The van der Waals surface area contributed by atoms with Crippen molar-refractivity contribution in [3.63, 3.8) is 0 Å². The van der Waals surface area contributed by atoms with E-state index >= 15 is 0 Å². The van der Waals surface area contributed by atoms with Crippen LogP contribution in [0.15, 0.2) is 24.3 Å². The van der Waals surface area contributed by atoms with Gasteiger partial charge in [-0.25, -0.2) is 4.79 Å². The van der Waals surface area contributed by atoms with E-state index in [0.717, 1.165) is 19.4 Å². The first-order valence-corrected chi connectivity index (χ1v) is 8.40. The van der Waals surface area contributed by atoms with Crippen molar-refractivity contribution in [2.45, 2.75) is 44.2 Å². The highest BCUT2D eigenvalue weighted by Gasteiger charge is 2.46. The van der Waals surface area contributed by atoms with Crippen molar-refractivity contribution in [2.24, 2.45) is 0 Å². The molecule has 2 fully saturated rings. The zero-order valence-corrected chi connectivity index (χ0v) is 13.9. The standard InChI is InChI=1S/C18H23NO5/c1-18(17(21)22)8-4-9-19(18)16(20)13-5-2-6-14(11-13)24-12-15-7-3-10-23-15/h2,5-6,11,15H,3-4,7-10,12H2,1H3,(H,21,22). The van der Waals surface area contributed by atoms with Gasteiger partial charge < -0.3 is 19.5 Å². The normalized spacial score (nSPS) is 26.5. The molecule has 6 nitrogen and oxygen atoms in total. The average molecular weight is 333 g/mol. The predicted molar refractivity (Wildman–Crippen MR) is 87.2 cm³/mol. The number of carboxylic acids is 1. The second kappa shape index (κ2) is 6.81. The lowest BCUT2D eigenvalue weighted by molar-refractivity contribution is -0.147. The quantitative estimate of drug-likeness (QED) is 0.895. The van der Waals surface area contributed by atoms with Crippen LogP contribution in [0.5, 0.6) is 5.75 Å². The number of likely N-dealkylation sites (tertiary alicyclic amines) is 1. The maximum atomic E-state index is 12.8. The molecule has 6 heteroatoms. The van der Waals surface area contributed by atoms with E-state index in [4.69, 9.17) is 9.47 Å². The Hall–Kier alpha value is -2.08. The Morgan fingerprint density at radius 1 is 1.42 bits per heavy atom. The number of hydrogen-bond acceptors (Lipinski definition) is 4. The molecule has 0 bridgehead atoms. The lowest BCUT2D eigenvalue weighted by Crippen LogP contribution is -2.50. The molecule has 0 aliphatic carbocycles. The van der Waals surface area contributed by atoms with Gasteiger partial charge in [0.1, 0.15) is 17.9 Å². The molecule has 130 valence electrons. The fourth-order valence-electron chi connectivity index (χ4n) is 3.35. The summed E-state index contributed by atoms with van der Waals surface area (Å²) in [5.74, 6) is -0.619. The summed E-state index contributed by atoms with van der Waals surface area (Å²) >= 11 is 0. The van der Waals surface area contributed by atoms with E-state index in [0.29, 0.717) is 37.3 Å². The van der Waals surface area contributed by atoms with E-state index < -0.39 is 11.5 Å². The van der Waals surface area contributed by atoms with Crippen molar-refractivity contribution >= 4 is 11.9 Å². The number of benzene rings is 1. The Balaban J connectivity index is 1.70. The molecule has 1 aromatic carbocycles. The molecule has 1 N–H and O–H groups in total. The number of carboxylic acid groups (broad SMARTS) is 1. The van der Waals surface area contributed by atoms with Gasteiger partial charge in [-0.15, -0.1) is 0 Å². The molecule has 2 saturated heterocycles. The maximum absolute atomic E-state index is 12.8. The third-order valence-corrected chi connectivity index (χ3v) is 4.89. The predicted octanol–water partition coefficient (Wildman–Crippen LogP) is 2.32. The molecule has 0 aromatic heterocycles. The van der Waals surface area contributed by atoms with Crippen LogP contribution in [0.3, 0.4) is 0 Å². The van der Waals surface area contributed by atoms with Gasteiger partial charge in [0.05, 0.1) is 6.10 Å². The molecular weight excluding hydrogens is 310 g/mol. The topological polar surface area (TPSA) is 76.1 Å². The van der Waals surface area contributed by atoms with Crippen LogP contribution < -0.4 is 4.74 Å². The van der Waals surface area contributed by atoms with Crippen LogP contribution in [0.25, 0.3) is 0 Å². The molecule has 2 unspecified atom stereocenters. The Bertz CT molecular complexity index is 626. The molecule has 0 saturated carbocycles. The van der Waals surface area contributed by atoms with E-state index in [9.17, 15) is 14.7 Å². The van der Waals surface area contributed by atoms with Crippen LogP contribution in [0.1, 0.15) is 43.0 Å². The molecule has 0 spiro atoms. The van der Waals surface area contributed by atoms with Crippen LogP contribution >= 0.6 is 0 Å². The highest BCUT2D eigenvalue weighted by molar-refractivity contribution is 5.98. The van der Waals surface area contributed by atoms with Crippen LogP contribution in [-0.4, -0.2) is 53.3 Å². The van der Waals surface area contributed by atoms with Gasteiger partial charge >= 0.3 is 5.97 Å². The van der Waals surface area contributed by atoms with Crippen molar-refractivity contribution in [2.75, 3.05) is 19.8 Å². The van der Waals surface area contributed by atoms with E-state index in [1.165, 1.54) is 4.90 Å². The lowest BCUT2D eigenvalue weighted by atomic mass is 9.98. The number of rotatable bonds is 5. The summed E-state index contributed by atoms with van der Waals surface area (Å²) in [4.78, 5) is 25.8. The number of amides is 1. The maximum Gasteiger partial charge on any atom is 0.329 e. The largest absolute Gasteiger partial charge is 0.491 e. The van der Waals surface area contributed by atoms with Gasteiger partial charge in [-0.1, -0.05) is 6.07 Å². The lowest BCUT2D eigenvalue weighted by Gasteiger charge is -2.31. The summed E-state index contributed by atoms with van der Waals surface area (Å²) < 4.78 is 11.3. The van der Waals surface area contributed by atoms with Crippen LogP contribution in [0.4, 0.5) is 0 Å².